The quantitative estimate of drug-likeness (QED) is 0.921. The van der Waals surface area contributed by atoms with Crippen molar-refractivity contribution >= 4 is 33.5 Å². The highest BCUT2D eigenvalue weighted by molar-refractivity contribution is 9.10. The van der Waals surface area contributed by atoms with Gasteiger partial charge >= 0.3 is 6.01 Å². The number of rotatable bonds is 2. The van der Waals surface area contributed by atoms with Crippen molar-refractivity contribution in [3.05, 3.63) is 33.8 Å². The van der Waals surface area contributed by atoms with Gasteiger partial charge in [0.15, 0.2) is 0 Å². The molecule has 1 aromatic carbocycles. The molecular weight excluding hydrogens is 314 g/mol. The summed E-state index contributed by atoms with van der Waals surface area (Å²) in [4.78, 5) is 11.0. The number of ether oxygens (including phenoxy) is 1. The Hall–Kier alpha value is -1.47. The molecule has 2 N–H and O–H groups in total. The van der Waals surface area contributed by atoms with E-state index in [1.807, 2.05) is 0 Å². The van der Waals surface area contributed by atoms with Crippen LogP contribution >= 0.6 is 27.5 Å². The standard InChI is InChI=1S/C9H5BrClFN4O/c10-5-2-1-4(12)3-6(5)17-9-15-7(11)14-8(13)16-9/h1-3H,(H2,13,14,15,16). The summed E-state index contributed by atoms with van der Waals surface area (Å²) >= 11 is 8.78. The third-order valence-corrected chi connectivity index (χ3v) is 2.52. The second kappa shape index (κ2) is 4.80. The summed E-state index contributed by atoms with van der Waals surface area (Å²) in [6.07, 6.45) is 0. The van der Waals surface area contributed by atoms with Gasteiger partial charge in [0.25, 0.3) is 0 Å². The van der Waals surface area contributed by atoms with Gasteiger partial charge in [-0.2, -0.15) is 15.0 Å². The largest absolute Gasteiger partial charge is 0.423 e. The van der Waals surface area contributed by atoms with E-state index in [1.54, 1.807) is 0 Å². The van der Waals surface area contributed by atoms with Crippen LogP contribution in [0.15, 0.2) is 22.7 Å². The van der Waals surface area contributed by atoms with E-state index in [4.69, 9.17) is 22.1 Å². The minimum atomic E-state index is -0.448. The Kier molecular flexibility index (Phi) is 3.39. The zero-order chi connectivity index (χ0) is 12.4. The van der Waals surface area contributed by atoms with E-state index in [0.717, 1.165) is 0 Å². The lowest BCUT2D eigenvalue weighted by Crippen LogP contribution is -2.00. The van der Waals surface area contributed by atoms with Crippen molar-refractivity contribution in [1.82, 2.24) is 15.0 Å². The van der Waals surface area contributed by atoms with E-state index in [0.29, 0.717) is 4.47 Å². The Morgan fingerprint density at radius 1 is 1.29 bits per heavy atom. The molecule has 8 heteroatoms. The predicted molar refractivity (Wildman–Crippen MR) is 63.4 cm³/mol. The lowest BCUT2D eigenvalue weighted by molar-refractivity contribution is 0.434. The van der Waals surface area contributed by atoms with E-state index in [9.17, 15) is 4.39 Å². The molecule has 0 spiro atoms. The molecule has 0 aliphatic rings. The molecule has 5 nitrogen and oxygen atoms in total. The number of hydrogen-bond acceptors (Lipinski definition) is 5. The summed E-state index contributed by atoms with van der Waals surface area (Å²) in [6.45, 7) is 0. The molecule has 1 aromatic heterocycles. The van der Waals surface area contributed by atoms with E-state index in [1.165, 1.54) is 18.2 Å². The van der Waals surface area contributed by atoms with E-state index in [2.05, 4.69) is 30.9 Å². The average molecular weight is 320 g/mol. The van der Waals surface area contributed by atoms with Gasteiger partial charge in [-0.25, -0.2) is 4.39 Å². The average Bonchev–Trinajstić information content (AvgIpc) is 2.22. The van der Waals surface area contributed by atoms with Crippen LogP contribution in [-0.4, -0.2) is 15.0 Å². The highest BCUT2D eigenvalue weighted by Crippen LogP contribution is 2.29. The Balaban J connectivity index is 2.34. The molecule has 0 saturated carbocycles. The molecule has 0 aliphatic heterocycles. The number of halogens is 3. The zero-order valence-corrected chi connectivity index (χ0v) is 10.5. The Labute approximate surface area is 109 Å². The highest BCUT2D eigenvalue weighted by Gasteiger charge is 2.08. The topological polar surface area (TPSA) is 73.9 Å². The van der Waals surface area contributed by atoms with Crippen LogP contribution in [0, 0.1) is 5.82 Å². The summed E-state index contributed by atoms with van der Waals surface area (Å²) in [5.41, 5.74) is 5.37. The first-order valence-electron chi connectivity index (χ1n) is 4.34. The molecule has 0 atom stereocenters. The number of aromatic nitrogens is 3. The number of nitrogens with two attached hydrogens (primary N) is 1. The Morgan fingerprint density at radius 2 is 2.06 bits per heavy atom. The molecule has 88 valence electrons. The zero-order valence-electron chi connectivity index (χ0n) is 8.19. The van der Waals surface area contributed by atoms with Crippen molar-refractivity contribution in [3.63, 3.8) is 0 Å². The van der Waals surface area contributed by atoms with Gasteiger partial charge in [0, 0.05) is 6.07 Å². The van der Waals surface area contributed by atoms with Crippen molar-refractivity contribution in [3.8, 4) is 11.8 Å². The van der Waals surface area contributed by atoms with Crippen LogP contribution in [0.3, 0.4) is 0 Å². The highest BCUT2D eigenvalue weighted by atomic mass is 79.9. The maximum absolute atomic E-state index is 13.0. The normalized spacial score (nSPS) is 10.3. The lowest BCUT2D eigenvalue weighted by atomic mass is 10.3. The molecule has 0 unspecified atom stereocenters. The monoisotopic (exact) mass is 318 g/mol. The van der Waals surface area contributed by atoms with E-state index in [-0.39, 0.29) is 23.0 Å². The van der Waals surface area contributed by atoms with E-state index < -0.39 is 5.82 Å². The predicted octanol–water partition coefficient (Wildman–Crippen LogP) is 2.80. The fraction of sp³-hybridized carbons (Fsp3) is 0. The summed E-state index contributed by atoms with van der Waals surface area (Å²) in [5.74, 6) is -0.310. The first kappa shape index (κ1) is 12.0. The number of nitrogens with zero attached hydrogens (tertiary/aromatic N) is 3. The molecule has 2 rings (SSSR count). The first-order chi connectivity index (χ1) is 8.04. The molecule has 0 aliphatic carbocycles. The summed E-state index contributed by atoms with van der Waals surface area (Å²) in [6, 6.07) is 3.86. The molecule has 0 radical (unpaired) electrons. The first-order valence-corrected chi connectivity index (χ1v) is 5.51. The second-order valence-electron chi connectivity index (χ2n) is 2.92. The van der Waals surface area contributed by atoms with E-state index >= 15 is 0 Å². The van der Waals surface area contributed by atoms with Crippen LogP contribution in [0.2, 0.25) is 5.28 Å². The van der Waals surface area contributed by atoms with Gasteiger partial charge in [0.2, 0.25) is 11.2 Å². The van der Waals surface area contributed by atoms with Crippen LogP contribution < -0.4 is 10.5 Å². The molecule has 0 bridgehead atoms. The van der Waals surface area contributed by atoms with Gasteiger partial charge < -0.3 is 10.5 Å². The number of benzene rings is 1. The number of hydrogen-bond donors (Lipinski definition) is 1. The minimum Gasteiger partial charge on any atom is -0.423 e. The number of anilines is 1. The Morgan fingerprint density at radius 3 is 2.76 bits per heavy atom. The van der Waals surface area contributed by atoms with Crippen LogP contribution in [0.4, 0.5) is 10.3 Å². The van der Waals surface area contributed by atoms with Crippen LogP contribution in [-0.2, 0) is 0 Å². The molecule has 0 fully saturated rings. The summed E-state index contributed by atoms with van der Waals surface area (Å²) < 4.78 is 18.8. The third-order valence-electron chi connectivity index (χ3n) is 1.70. The molecule has 1 heterocycles. The third kappa shape index (κ3) is 3.01. The van der Waals surface area contributed by atoms with Crippen LogP contribution in [0.5, 0.6) is 11.8 Å². The minimum absolute atomic E-state index is 0.0764. The van der Waals surface area contributed by atoms with Crippen molar-refractivity contribution in [2.45, 2.75) is 0 Å². The SMILES string of the molecule is Nc1nc(Cl)nc(Oc2cc(F)ccc2Br)n1. The number of nitrogen functional groups attached to an aromatic ring is 1. The summed E-state index contributed by atoms with van der Waals surface area (Å²) in [7, 11) is 0. The van der Waals surface area contributed by atoms with Crippen molar-refractivity contribution in [1.29, 1.82) is 0 Å². The van der Waals surface area contributed by atoms with Crippen molar-refractivity contribution < 1.29 is 9.13 Å². The smallest absolute Gasteiger partial charge is 0.328 e. The maximum Gasteiger partial charge on any atom is 0.328 e. The molecule has 0 saturated heterocycles. The van der Waals surface area contributed by atoms with Gasteiger partial charge in [-0.3, -0.25) is 0 Å². The molecular formula is C9H5BrClFN4O. The van der Waals surface area contributed by atoms with Gasteiger partial charge in [-0.05, 0) is 39.7 Å². The Bertz CT molecular complexity index is 548. The maximum atomic E-state index is 13.0. The molecule has 17 heavy (non-hydrogen) atoms. The lowest BCUT2D eigenvalue weighted by Gasteiger charge is -2.06. The van der Waals surface area contributed by atoms with Gasteiger partial charge in [-0.1, -0.05) is 0 Å². The van der Waals surface area contributed by atoms with Crippen molar-refractivity contribution in [2.75, 3.05) is 5.73 Å². The van der Waals surface area contributed by atoms with Gasteiger partial charge in [0.05, 0.1) is 4.47 Å². The molecule has 0 amide bonds. The summed E-state index contributed by atoms with van der Waals surface area (Å²) in [5, 5.41) is -0.0972. The van der Waals surface area contributed by atoms with Crippen LogP contribution in [0.25, 0.3) is 0 Å². The second-order valence-corrected chi connectivity index (χ2v) is 4.11. The molecule has 2 aromatic rings. The fourth-order valence-electron chi connectivity index (χ4n) is 1.05. The van der Waals surface area contributed by atoms with Gasteiger partial charge in [0.1, 0.15) is 11.6 Å². The fourth-order valence-corrected chi connectivity index (χ4v) is 1.53. The van der Waals surface area contributed by atoms with Crippen molar-refractivity contribution in [2.24, 2.45) is 0 Å². The van der Waals surface area contributed by atoms with Gasteiger partial charge in [-0.15, -0.1) is 0 Å². The van der Waals surface area contributed by atoms with Crippen LogP contribution in [0.1, 0.15) is 0 Å².